The Bertz CT molecular complexity index is 431. The molecule has 0 heterocycles. The molecular weight excluding hydrogens is 312 g/mol. The van der Waals surface area contributed by atoms with Gasteiger partial charge in [0.2, 0.25) is 0 Å². The first kappa shape index (κ1) is 13.3. The Kier molecular flexibility index (Phi) is 3.85. The summed E-state index contributed by atoms with van der Waals surface area (Å²) in [5.74, 6) is -0.453. The van der Waals surface area contributed by atoms with Gasteiger partial charge >= 0.3 is 6.18 Å². The summed E-state index contributed by atoms with van der Waals surface area (Å²) in [5, 5.41) is -1.19. The van der Waals surface area contributed by atoms with Crippen LogP contribution < -0.4 is 4.74 Å². The third kappa shape index (κ3) is 2.68. The smallest absolute Gasteiger partial charge is 0.420 e. The lowest BCUT2D eigenvalue weighted by Crippen LogP contribution is -2.13. The van der Waals surface area contributed by atoms with Crippen LogP contribution in [0.2, 0.25) is 0 Å². The number of hydrogen-bond acceptors (Lipinski definition) is 2. The van der Waals surface area contributed by atoms with Gasteiger partial charge in [-0.3, -0.25) is 4.79 Å². The lowest BCUT2D eigenvalue weighted by Gasteiger charge is -2.15. The summed E-state index contributed by atoms with van der Waals surface area (Å²) >= 11 is 8.06. The Balaban J connectivity index is 3.58. The minimum Gasteiger partial charge on any atom is -0.496 e. The Hall–Kier alpha value is -0.750. The highest BCUT2D eigenvalue weighted by atomic mass is 79.9. The molecule has 0 fully saturated rings. The Morgan fingerprint density at radius 3 is 2.38 bits per heavy atom. The maximum atomic E-state index is 12.7. The quantitative estimate of drug-likeness (QED) is 0.774. The normalized spacial score (nSPS) is 11.4. The van der Waals surface area contributed by atoms with E-state index in [4.69, 9.17) is 11.6 Å². The van der Waals surface area contributed by atoms with Gasteiger partial charge in [-0.15, -0.1) is 0 Å². The van der Waals surface area contributed by atoms with Crippen LogP contribution in [0.25, 0.3) is 0 Å². The summed E-state index contributed by atoms with van der Waals surface area (Å²) < 4.78 is 42.9. The molecule has 0 radical (unpaired) electrons. The maximum Gasteiger partial charge on any atom is 0.420 e. The second-order valence-electron chi connectivity index (χ2n) is 2.80. The molecule has 2 nitrogen and oxygen atoms in total. The van der Waals surface area contributed by atoms with E-state index in [1.54, 1.807) is 0 Å². The van der Waals surface area contributed by atoms with Gasteiger partial charge in [-0.25, -0.2) is 0 Å². The van der Waals surface area contributed by atoms with Gasteiger partial charge in [0.1, 0.15) is 11.3 Å². The third-order valence-electron chi connectivity index (χ3n) is 1.78. The van der Waals surface area contributed by atoms with E-state index in [2.05, 4.69) is 20.7 Å². The van der Waals surface area contributed by atoms with Crippen molar-refractivity contribution in [3.8, 4) is 5.75 Å². The van der Waals surface area contributed by atoms with Gasteiger partial charge in [0.05, 0.1) is 12.7 Å². The summed E-state index contributed by atoms with van der Waals surface area (Å²) in [5.41, 5.74) is -1.81. The Morgan fingerprint density at radius 2 is 2.00 bits per heavy atom. The number of hydrogen-bond donors (Lipinski definition) is 0. The van der Waals surface area contributed by atoms with Crippen molar-refractivity contribution in [1.29, 1.82) is 0 Å². The molecule has 0 bridgehead atoms. The second-order valence-corrected chi connectivity index (χ2v) is 4.06. The lowest BCUT2D eigenvalue weighted by molar-refractivity contribution is -0.139. The second kappa shape index (κ2) is 4.63. The van der Waals surface area contributed by atoms with E-state index in [1.807, 2.05) is 0 Å². The molecule has 1 aromatic carbocycles. The van der Waals surface area contributed by atoms with Crippen molar-refractivity contribution in [2.45, 2.75) is 6.18 Å². The number of halogens is 5. The highest BCUT2D eigenvalue weighted by Crippen LogP contribution is 2.40. The summed E-state index contributed by atoms with van der Waals surface area (Å²) in [4.78, 5) is 10.9. The molecule has 0 aliphatic rings. The molecule has 16 heavy (non-hydrogen) atoms. The molecule has 0 spiro atoms. The van der Waals surface area contributed by atoms with Crippen molar-refractivity contribution in [2.24, 2.45) is 0 Å². The fourth-order valence-corrected chi connectivity index (χ4v) is 1.78. The lowest BCUT2D eigenvalue weighted by atomic mass is 10.1. The molecule has 0 N–H and O–H groups in total. The van der Waals surface area contributed by atoms with Crippen LogP contribution >= 0.6 is 27.5 Å². The summed E-state index contributed by atoms with van der Waals surface area (Å²) in [6, 6.07) is 2.12. The van der Waals surface area contributed by atoms with E-state index in [0.717, 1.165) is 19.2 Å². The number of carbonyl (C=O) groups excluding carboxylic acids is 1. The number of ether oxygens (including phenoxy) is 1. The zero-order chi connectivity index (χ0) is 12.5. The van der Waals surface area contributed by atoms with Gasteiger partial charge in [0, 0.05) is 4.47 Å². The molecule has 1 aromatic rings. The van der Waals surface area contributed by atoms with Crippen LogP contribution in [0.5, 0.6) is 5.75 Å². The van der Waals surface area contributed by atoms with Crippen molar-refractivity contribution in [1.82, 2.24) is 0 Å². The van der Waals surface area contributed by atoms with Crippen molar-refractivity contribution in [3.05, 3.63) is 27.7 Å². The first-order chi connectivity index (χ1) is 7.27. The van der Waals surface area contributed by atoms with Crippen LogP contribution in [0.15, 0.2) is 16.6 Å². The van der Waals surface area contributed by atoms with Crippen molar-refractivity contribution in [3.63, 3.8) is 0 Å². The number of benzene rings is 1. The number of alkyl halides is 3. The minimum atomic E-state index is -4.70. The van der Waals surface area contributed by atoms with E-state index in [0.29, 0.717) is 0 Å². The van der Waals surface area contributed by atoms with Crippen molar-refractivity contribution >= 4 is 32.8 Å². The van der Waals surface area contributed by atoms with Gasteiger partial charge in [-0.05, 0) is 23.7 Å². The molecule has 1 rings (SSSR count). The van der Waals surface area contributed by atoms with E-state index in [-0.39, 0.29) is 4.47 Å². The Morgan fingerprint density at radius 1 is 1.44 bits per heavy atom. The standard InChI is InChI=1S/C9H5BrClF3O2/c1-16-6-3-4(10)2-5(8(11)15)7(6)9(12,13)14/h2-3H,1H3. The van der Waals surface area contributed by atoms with Crippen LogP contribution in [0.3, 0.4) is 0 Å². The van der Waals surface area contributed by atoms with E-state index >= 15 is 0 Å². The van der Waals surface area contributed by atoms with Gasteiger partial charge < -0.3 is 4.74 Å². The molecular formula is C9H5BrClF3O2. The molecule has 0 aliphatic carbocycles. The fraction of sp³-hybridized carbons (Fsp3) is 0.222. The van der Waals surface area contributed by atoms with Crippen LogP contribution in [0.4, 0.5) is 13.2 Å². The van der Waals surface area contributed by atoms with Crippen LogP contribution in [0.1, 0.15) is 15.9 Å². The topological polar surface area (TPSA) is 26.3 Å². The van der Waals surface area contributed by atoms with Gasteiger partial charge in [0.25, 0.3) is 5.24 Å². The number of rotatable bonds is 2. The molecule has 0 amide bonds. The van der Waals surface area contributed by atoms with Crippen LogP contribution in [-0.2, 0) is 6.18 Å². The fourth-order valence-electron chi connectivity index (χ4n) is 1.19. The molecule has 0 aliphatic heterocycles. The highest BCUT2D eigenvalue weighted by molar-refractivity contribution is 9.10. The van der Waals surface area contributed by atoms with E-state index in [1.165, 1.54) is 0 Å². The van der Waals surface area contributed by atoms with Crippen LogP contribution in [0, 0.1) is 0 Å². The predicted molar refractivity (Wildman–Crippen MR) is 55.9 cm³/mol. The number of methoxy groups -OCH3 is 1. The first-order valence-electron chi connectivity index (χ1n) is 3.92. The molecule has 0 saturated carbocycles. The molecule has 0 aromatic heterocycles. The monoisotopic (exact) mass is 316 g/mol. The average Bonchev–Trinajstić information content (AvgIpc) is 2.14. The summed E-state index contributed by atoms with van der Waals surface area (Å²) in [7, 11) is 1.08. The first-order valence-corrected chi connectivity index (χ1v) is 5.09. The third-order valence-corrected chi connectivity index (χ3v) is 2.44. The van der Waals surface area contributed by atoms with Gasteiger partial charge in [-0.1, -0.05) is 15.9 Å². The van der Waals surface area contributed by atoms with Crippen molar-refractivity contribution in [2.75, 3.05) is 7.11 Å². The maximum absolute atomic E-state index is 12.7. The molecule has 0 saturated heterocycles. The zero-order valence-corrected chi connectivity index (χ0v) is 10.2. The van der Waals surface area contributed by atoms with Gasteiger partial charge in [0.15, 0.2) is 0 Å². The average molecular weight is 317 g/mol. The summed E-state index contributed by atoms with van der Waals surface area (Å²) in [6.07, 6.45) is -4.70. The van der Waals surface area contributed by atoms with E-state index < -0.39 is 28.3 Å². The molecule has 0 unspecified atom stereocenters. The van der Waals surface area contributed by atoms with Crippen molar-refractivity contribution < 1.29 is 22.7 Å². The Labute approximate surface area is 102 Å². The largest absolute Gasteiger partial charge is 0.496 e. The molecule has 88 valence electrons. The van der Waals surface area contributed by atoms with Gasteiger partial charge in [-0.2, -0.15) is 13.2 Å². The predicted octanol–water partition coefficient (Wildman–Crippen LogP) is 3.86. The zero-order valence-electron chi connectivity index (χ0n) is 7.86. The van der Waals surface area contributed by atoms with Crippen LogP contribution in [-0.4, -0.2) is 12.4 Å². The SMILES string of the molecule is COc1cc(Br)cc(C(=O)Cl)c1C(F)(F)F. The van der Waals surface area contributed by atoms with E-state index in [9.17, 15) is 18.0 Å². The minimum absolute atomic E-state index is 0.279. The number of carbonyl (C=O) groups is 1. The summed E-state index contributed by atoms with van der Waals surface area (Å²) in [6.45, 7) is 0. The highest BCUT2D eigenvalue weighted by Gasteiger charge is 2.38. The molecule has 7 heteroatoms. The molecule has 0 atom stereocenters.